The number of nitrogens with zero attached hydrogens (tertiary/aromatic N) is 4. The second kappa shape index (κ2) is 4.57. The van der Waals surface area contributed by atoms with Crippen molar-refractivity contribution in [3.8, 4) is 0 Å². The minimum Gasteiger partial charge on any atom is -0.330 e. The average Bonchev–Trinajstić information content (AvgIpc) is 3.06. The molecule has 0 aliphatic carbocycles. The third-order valence-corrected chi connectivity index (χ3v) is 3.90. The van der Waals surface area contributed by atoms with Gasteiger partial charge in [-0.3, -0.25) is 4.68 Å². The van der Waals surface area contributed by atoms with Gasteiger partial charge in [-0.1, -0.05) is 0 Å². The topological polar surface area (TPSA) is 47.7 Å². The smallest absolute Gasteiger partial charge is 0.0951 e. The minimum absolute atomic E-state index is 0.601. The van der Waals surface area contributed by atoms with Crippen molar-refractivity contribution in [1.29, 1.82) is 0 Å². The van der Waals surface area contributed by atoms with E-state index in [2.05, 4.69) is 26.9 Å². The number of hydrogen-bond donors (Lipinski definition) is 1. The molecular weight excluding hydrogens is 226 g/mol. The van der Waals surface area contributed by atoms with Crippen molar-refractivity contribution >= 4 is 0 Å². The van der Waals surface area contributed by atoms with Gasteiger partial charge >= 0.3 is 0 Å². The molecule has 0 spiro atoms. The van der Waals surface area contributed by atoms with Crippen LogP contribution >= 0.6 is 0 Å². The maximum absolute atomic E-state index is 4.31. The van der Waals surface area contributed by atoms with Gasteiger partial charge in [0.1, 0.15) is 0 Å². The standard InChI is InChI=1S/C13H19N5/c1-10-12(6-16-17(10)2)8-18-9-15-7-13(18)11-3-4-14-5-11/h6-7,9,11,14H,3-5,8H2,1-2H3. The predicted molar refractivity (Wildman–Crippen MR) is 69.5 cm³/mol. The van der Waals surface area contributed by atoms with Crippen LogP contribution in [0.25, 0.3) is 0 Å². The van der Waals surface area contributed by atoms with E-state index < -0.39 is 0 Å². The summed E-state index contributed by atoms with van der Waals surface area (Å²) >= 11 is 0. The van der Waals surface area contributed by atoms with Gasteiger partial charge < -0.3 is 9.88 Å². The molecule has 5 heteroatoms. The van der Waals surface area contributed by atoms with Crippen LogP contribution in [-0.4, -0.2) is 32.4 Å². The van der Waals surface area contributed by atoms with E-state index in [1.807, 2.05) is 30.5 Å². The summed E-state index contributed by atoms with van der Waals surface area (Å²) in [6.45, 7) is 5.15. The van der Waals surface area contributed by atoms with E-state index in [1.54, 1.807) is 0 Å². The summed E-state index contributed by atoms with van der Waals surface area (Å²) in [4.78, 5) is 4.31. The van der Waals surface area contributed by atoms with Crippen LogP contribution in [0, 0.1) is 6.92 Å². The van der Waals surface area contributed by atoms with Crippen LogP contribution in [0.15, 0.2) is 18.7 Å². The van der Waals surface area contributed by atoms with E-state index >= 15 is 0 Å². The van der Waals surface area contributed by atoms with Gasteiger partial charge in [0.2, 0.25) is 0 Å². The van der Waals surface area contributed by atoms with Crippen molar-refractivity contribution in [3.63, 3.8) is 0 Å². The fourth-order valence-electron chi connectivity index (χ4n) is 2.59. The Kier molecular flexibility index (Phi) is 2.91. The van der Waals surface area contributed by atoms with Gasteiger partial charge in [0.05, 0.1) is 19.1 Å². The molecule has 0 radical (unpaired) electrons. The Morgan fingerprint density at radius 2 is 2.33 bits per heavy atom. The molecule has 2 aromatic heterocycles. The Morgan fingerprint density at radius 3 is 3.00 bits per heavy atom. The minimum atomic E-state index is 0.601. The molecule has 0 bridgehead atoms. The first-order chi connectivity index (χ1) is 8.75. The third kappa shape index (κ3) is 1.95. The molecule has 3 heterocycles. The zero-order valence-electron chi connectivity index (χ0n) is 10.9. The summed E-state index contributed by atoms with van der Waals surface area (Å²) in [5.41, 5.74) is 3.82. The van der Waals surface area contributed by atoms with E-state index in [0.717, 1.165) is 19.6 Å². The molecule has 1 fully saturated rings. The van der Waals surface area contributed by atoms with E-state index in [-0.39, 0.29) is 0 Å². The monoisotopic (exact) mass is 245 g/mol. The average molecular weight is 245 g/mol. The van der Waals surface area contributed by atoms with Gasteiger partial charge in [0, 0.05) is 42.7 Å². The van der Waals surface area contributed by atoms with Gasteiger partial charge in [0.15, 0.2) is 0 Å². The number of imidazole rings is 1. The van der Waals surface area contributed by atoms with Crippen molar-refractivity contribution in [1.82, 2.24) is 24.6 Å². The molecule has 0 aromatic carbocycles. The molecule has 96 valence electrons. The van der Waals surface area contributed by atoms with E-state index in [0.29, 0.717) is 5.92 Å². The molecule has 1 saturated heterocycles. The number of aromatic nitrogens is 4. The Morgan fingerprint density at radius 1 is 1.44 bits per heavy atom. The van der Waals surface area contributed by atoms with Crippen molar-refractivity contribution in [2.75, 3.05) is 13.1 Å². The fourth-order valence-corrected chi connectivity index (χ4v) is 2.59. The number of nitrogens with one attached hydrogen (secondary N) is 1. The molecule has 2 aromatic rings. The highest BCUT2D eigenvalue weighted by atomic mass is 15.3. The van der Waals surface area contributed by atoms with E-state index in [1.165, 1.54) is 23.4 Å². The molecule has 1 N–H and O–H groups in total. The summed E-state index contributed by atoms with van der Waals surface area (Å²) < 4.78 is 4.17. The molecule has 5 nitrogen and oxygen atoms in total. The number of rotatable bonds is 3. The highest BCUT2D eigenvalue weighted by molar-refractivity contribution is 5.19. The van der Waals surface area contributed by atoms with Crippen molar-refractivity contribution in [3.05, 3.63) is 35.7 Å². The highest BCUT2D eigenvalue weighted by Crippen LogP contribution is 2.22. The number of aryl methyl sites for hydroxylation is 1. The molecule has 0 saturated carbocycles. The molecule has 1 aliphatic rings. The lowest BCUT2D eigenvalue weighted by Crippen LogP contribution is -2.12. The van der Waals surface area contributed by atoms with E-state index in [4.69, 9.17) is 0 Å². The zero-order valence-corrected chi connectivity index (χ0v) is 10.9. The maximum Gasteiger partial charge on any atom is 0.0951 e. The summed E-state index contributed by atoms with van der Waals surface area (Å²) in [5.74, 6) is 0.601. The van der Waals surface area contributed by atoms with E-state index in [9.17, 15) is 0 Å². The zero-order chi connectivity index (χ0) is 12.5. The summed E-state index contributed by atoms with van der Waals surface area (Å²) in [5, 5.41) is 7.70. The highest BCUT2D eigenvalue weighted by Gasteiger charge is 2.20. The van der Waals surface area contributed by atoms with Crippen LogP contribution in [0.4, 0.5) is 0 Å². The Hall–Kier alpha value is -1.62. The van der Waals surface area contributed by atoms with Crippen LogP contribution < -0.4 is 5.32 Å². The third-order valence-electron chi connectivity index (χ3n) is 3.90. The first-order valence-corrected chi connectivity index (χ1v) is 6.44. The normalized spacial score (nSPS) is 19.6. The summed E-state index contributed by atoms with van der Waals surface area (Å²) in [6, 6.07) is 0. The quantitative estimate of drug-likeness (QED) is 0.879. The SMILES string of the molecule is Cc1c(Cn2cncc2C2CCNC2)cnn1C. The van der Waals surface area contributed by atoms with Crippen LogP contribution in [0.5, 0.6) is 0 Å². The molecule has 3 rings (SSSR count). The molecule has 18 heavy (non-hydrogen) atoms. The molecule has 1 aliphatic heterocycles. The Bertz CT molecular complexity index is 533. The second-order valence-corrected chi connectivity index (χ2v) is 5.01. The number of hydrogen-bond acceptors (Lipinski definition) is 3. The van der Waals surface area contributed by atoms with Gasteiger partial charge in [-0.15, -0.1) is 0 Å². The molecule has 1 atom stereocenters. The maximum atomic E-state index is 4.31. The summed E-state index contributed by atoms with van der Waals surface area (Å²) in [6.07, 6.45) is 7.09. The van der Waals surface area contributed by atoms with Gasteiger partial charge in [0.25, 0.3) is 0 Å². The van der Waals surface area contributed by atoms with Crippen LogP contribution in [-0.2, 0) is 13.6 Å². The summed E-state index contributed by atoms with van der Waals surface area (Å²) in [7, 11) is 1.98. The van der Waals surface area contributed by atoms with Crippen LogP contribution in [0.1, 0.15) is 29.3 Å². The van der Waals surface area contributed by atoms with Crippen molar-refractivity contribution in [2.24, 2.45) is 7.05 Å². The van der Waals surface area contributed by atoms with Gasteiger partial charge in [-0.25, -0.2) is 4.98 Å². The van der Waals surface area contributed by atoms with Gasteiger partial charge in [-0.05, 0) is 19.9 Å². The predicted octanol–water partition coefficient (Wildman–Crippen LogP) is 1.05. The van der Waals surface area contributed by atoms with Crippen LogP contribution in [0.3, 0.4) is 0 Å². The van der Waals surface area contributed by atoms with Crippen molar-refractivity contribution in [2.45, 2.75) is 25.8 Å². The molecule has 1 unspecified atom stereocenters. The van der Waals surface area contributed by atoms with Crippen molar-refractivity contribution < 1.29 is 0 Å². The molecular formula is C13H19N5. The first-order valence-electron chi connectivity index (χ1n) is 6.44. The Balaban J connectivity index is 1.84. The Labute approximate surface area is 107 Å². The largest absolute Gasteiger partial charge is 0.330 e. The van der Waals surface area contributed by atoms with Crippen LogP contribution in [0.2, 0.25) is 0 Å². The lowest BCUT2D eigenvalue weighted by Gasteiger charge is -2.12. The lowest BCUT2D eigenvalue weighted by molar-refractivity contribution is 0.651. The first kappa shape index (κ1) is 11.5. The lowest BCUT2D eigenvalue weighted by atomic mass is 10.1. The fraction of sp³-hybridized carbons (Fsp3) is 0.538. The molecule has 0 amide bonds. The second-order valence-electron chi connectivity index (χ2n) is 5.01. The van der Waals surface area contributed by atoms with Gasteiger partial charge in [-0.2, -0.15) is 5.10 Å².